The third-order valence-electron chi connectivity index (χ3n) is 5.26. The molecule has 1 amide bonds. The number of aromatic nitrogens is 2. The molecule has 0 unspecified atom stereocenters. The summed E-state index contributed by atoms with van der Waals surface area (Å²) in [4.78, 5) is 20.6. The number of hydrogen-bond donors (Lipinski definition) is 2. The first-order valence-electron chi connectivity index (χ1n) is 9.92. The van der Waals surface area contributed by atoms with Gasteiger partial charge in [0.25, 0.3) is 15.9 Å². The van der Waals surface area contributed by atoms with E-state index in [1.165, 1.54) is 24.2 Å². The van der Waals surface area contributed by atoms with Crippen LogP contribution in [0.3, 0.4) is 0 Å². The van der Waals surface area contributed by atoms with Gasteiger partial charge in [0.05, 0.1) is 5.56 Å². The Labute approximate surface area is 191 Å². The van der Waals surface area contributed by atoms with E-state index in [1.54, 1.807) is 12.1 Å². The van der Waals surface area contributed by atoms with Crippen molar-refractivity contribution >= 4 is 15.9 Å². The molecule has 0 radical (unpaired) electrons. The molecule has 2 heterocycles. The van der Waals surface area contributed by atoms with Gasteiger partial charge in [-0.2, -0.15) is 13.2 Å². The number of imidazole rings is 1. The number of carbonyl (C=O) groups excluding carboxylic acids is 1. The highest BCUT2D eigenvalue weighted by Crippen LogP contribution is 2.34. The Morgan fingerprint density at radius 1 is 1.18 bits per heavy atom. The molecular formula is C21H18F4N4O4S. The maximum absolute atomic E-state index is 14.1. The molecule has 0 saturated carbocycles. The normalized spacial score (nSPS) is 14.1. The van der Waals surface area contributed by atoms with Gasteiger partial charge in [0.1, 0.15) is 11.4 Å². The quantitative estimate of drug-likeness (QED) is 0.525. The number of ether oxygens (including phenoxy) is 1. The Hall–Kier alpha value is -3.45. The molecule has 0 fully saturated rings. The Bertz CT molecular complexity index is 1360. The lowest BCUT2D eigenvalue weighted by Crippen LogP contribution is -2.36. The first kappa shape index (κ1) is 23.7. The van der Waals surface area contributed by atoms with E-state index in [2.05, 4.69) is 14.7 Å². The summed E-state index contributed by atoms with van der Waals surface area (Å²) in [6.07, 6.45) is -3.01. The van der Waals surface area contributed by atoms with E-state index in [0.29, 0.717) is 19.0 Å². The van der Waals surface area contributed by atoms with Crippen LogP contribution >= 0.6 is 0 Å². The van der Waals surface area contributed by atoms with Crippen LogP contribution in [-0.4, -0.2) is 42.8 Å². The molecule has 34 heavy (non-hydrogen) atoms. The summed E-state index contributed by atoms with van der Waals surface area (Å²) >= 11 is 0. The fourth-order valence-corrected chi connectivity index (χ4v) is 4.09. The summed E-state index contributed by atoms with van der Waals surface area (Å²) in [7, 11) is -2.59. The number of fused-ring (bicyclic) bond motifs is 1. The van der Waals surface area contributed by atoms with Crippen LogP contribution in [0, 0.1) is 5.82 Å². The van der Waals surface area contributed by atoms with Crippen molar-refractivity contribution in [1.29, 1.82) is 0 Å². The Morgan fingerprint density at radius 3 is 2.62 bits per heavy atom. The van der Waals surface area contributed by atoms with Gasteiger partial charge in [-0.15, -0.1) is 0 Å². The topological polar surface area (TPSA) is 104 Å². The van der Waals surface area contributed by atoms with Gasteiger partial charge in [-0.3, -0.25) is 4.79 Å². The van der Waals surface area contributed by atoms with Crippen LogP contribution in [0.4, 0.5) is 17.6 Å². The second-order valence-electron chi connectivity index (χ2n) is 7.45. The van der Waals surface area contributed by atoms with Gasteiger partial charge in [0.15, 0.2) is 11.6 Å². The van der Waals surface area contributed by atoms with Crippen molar-refractivity contribution in [2.24, 2.45) is 0 Å². The molecule has 2 N–H and O–H groups in total. The van der Waals surface area contributed by atoms with Crippen molar-refractivity contribution in [3.05, 3.63) is 70.8 Å². The molecule has 180 valence electrons. The number of amides is 1. The van der Waals surface area contributed by atoms with Gasteiger partial charge in [0.2, 0.25) is 5.16 Å². The fourth-order valence-electron chi connectivity index (χ4n) is 3.46. The molecule has 1 aliphatic rings. The van der Waals surface area contributed by atoms with E-state index < -0.39 is 33.5 Å². The van der Waals surface area contributed by atoms with E-state index in [9.17, 15) is 30.8 Å². The first-order valence-corrected chi connectivity index (χ1v) is 11.4. The minimum atomic E-state index is -4.66. The van der Waals surface area contributed by atoms with Crippen molar-refractivity contribution in [2.45, 2.75) is 24.3 Å². The number of H-pyrrole nitrogens is 1. The Balaban J connectivity index is 1.47. The van der Waals surface area contributed by atoms with E-state index in [4.69, 9.17) is 4.74 Å². The monoisotopic (exact) mass is 498 g/mol. The number of halogens is 4. The van der Waals surface area contributed by atoms with Gasteiger partial charge in [-0.05, 0) is 54.9 Å². The molecule has 0 atom stereocenters. The minimum absolute atomic E-state index is 0.0463. The smallest absolute Gasteiger partial charge is 0.416 e. The van der Waals surface area contributed by atoms with Gasteiger partial charge < -0.3 is 14.6 Å². The number of alkyl halides is 3. The largest absolute Gasteiger partial charge is 0.454 e. The fraction of sp³-hybridized carbons (Fsp3) is 0.238. The first-order chi connectivity index (χ1) is 16.0. The maximum atomic E-state index is 14.1. The molecular weight excluding hydrogens is 480 g/mol. The lowest BCUT2D eigenvalue weighted by molar-refractivity contribution is -0.137. The molecule has 0 saturated heterocycles. The van der Waals surface area contributed by atoms with Crippen LogP contribution in [-0.2, 0) is 29.2 Å². The van der Waals surface area contributed by atoms with E-state index >= 15 is 0 Å². The van der Waals surface area contributed by atoms with Crippen LogP contribution in [0.1, 0.15) is 27.2 Å². The summed E-state index contributed by atoms with van der Waals surface area (Å²) in [5.41, 5.74) is 0.461. The second-order valence-corrected chi connectivity index (χ2v) is 9.25. The predicted molar refractivity (Wildman–Crippen MR) is 111 cm³/mol. The summed E-state index contributed by atoms with van der Waals surface area (Å²) in [5, 5.41) is -0.368. The highest BCUT2D eigenvalue weighted by Gasteiger charge is 2.31. The summed E-state index contributed by atoms with van der Waals surface area (Å²) in [6.45, 7) is 0.537. The summed E-state index contributed by atoms with van der Waals surface area (Å²) in [6, 6.07) is 6.87. The summed E-state index contributed by atoms with van der Waals surface area (Å²) < 4.78 is 83.4. The zero-order chi connectivity index (χ0) is 24.7. The number of nitrogens with one attached hydrogen (secondary N) is 2. The molecule has 1 aromatic heterocycles. The lowest BCUT2D eigenvalue weighted by atomic mass is 9.99. The zero-order valence-electron chi connectivity index (χ0n) is 17.6. The zero-order valence-corrected chi connectivity index (χ0v) is 18.4. The van der Waals surface area contributed by atoms with Crippen molar-refractivity contribution in [2.75, 3.05) is 13.6 Å². The predicted octanol–water partition coefficient (Wildman–Crippen LogP) is 3.47. The number of nitrogens with zero attached hydrogens (tertiary/aromatic N) is 2. The highest BCUT2D eigenvalue weighted by atomic mass is 32.2. The van der Waals surface area contributed by atoms with E-state index in [-0.39, 0.29) is 28.9 Å². The average molecular weight is 498 g/mol. The molecule has 2 aromatic carbocycles. The van der Waals surface area contributed by atoms with Crippen LogP contribution in [0.15, 0.2) is 47.8 Å². The van der Waals surface area contributed by atoms with Gasteiger partial charge in [0, 0.05) is 19.3 Å². The second kappa shape index (κ2) is 8.72. The molecule has 4 rings (SSSR count). The van der Waals surface area contributed by atoms with Crippen LogP contribution < -0.4 is 9.46 Å². The number of sulfonamides is 1. The standard InChI is InChI=1S/C21H18F4N4O4S/c1-26-34(31,32)20-27-10-17(28-20)19(30)29-7-6-12-8-15(4-2-13(12)11-29)33-18-5-3-14(9-16(18)22)21(23,24)25/h2-5,8-10,26H,6-7,11H2,1H3,(H,27,28). The Morgan fingerprint density at radius 2 is 1.94 bits per heavy atom. The van der Waals surface area contributed by atoms with E-state index in [0.717, 1.165) is 23.3 Å². The molecule has 1 aliphatic heterocycles. The van der Waals surface area contributed by atoms with Crippen LogP contribution in [0.25, 0.3) is 0 Å². The molecule has 0 aliphatic carbocycles. The Kier molecular flexibility index (Phi) is 6.08. The molecule has 0 bridgehead atoms. The maximum Gasteiger partial charge on any atom is 0.416 e. The average Bonchev–Trinajstić information content (AvgIpc) is 3.30. The SMILES string of the molecule is CNS(=O)(=O)c1nc(C(=O)N2CCc3cc(Oc4ccc(C(F)(F)F)cc4F)ccc3C2)c[nH]1. The number of benzene rings is 2. The van der Waals surface area contributed by atoms with Crippen molar-refractivity contribution in [3.8, 4) is 11.5 Å². The molecule has 8 nitrogen and oxygen atoms in total. The third kappa shape index (κ3) is 4.75. The minimum Gasteiger partial charge on any atom is -0.454 e. The van der Waals surface area contributed by atoms with Crippen molar-refractivity contribution < 1.29 is 35.5 Å². The van der Waals surface area contributed by atoms with Gasteiger partial charge >= 0.3 is 6.18 Å². The van der Waals surface area contributed by atoms with Gasteiger partial charge in [-0.25, -0.2) is 22.5 Å². The van der Waals surface area contributed by atoms with Gasteiger partial charge in [-0.1, -0.05) is 6.07 Å². The molecule has 3 aromatic rings. The molecule has 0 spiro atoms. The van der Waals surface area contributed by atoms with E-state index in [1.807, 2.05) is 0 Å². The number of carbonyl (C=O) groups is 1. The number of aromatic amines is 1. The van der Waals surface area contributed by atoms with Crippen molar-refractivity contribution in [1.82, 2.24) is 19.6 Å². The van der Waals surface area contributed by atoms with Crippen molar-refractivity contribution in [3.63, 3.8) is 0 Å². The number of hydrogen-bond acceptors (Lipinski definition) is 5. The van der Waals surface area contributed by atoms with Crippen LogP contribution in [0.2, 0.25) is 0 Å². The van der Waals surface area contributed by atoms with Crippen LogP contribution in [0.5, 0.6) is 11.5 Å². The third-order valence-corrected chi connectivity index (χ3v) is 6.52. The highest BCUT2D eigenvalue weighted by molar-refractivity contribution is 7.89. The number of rotatable bonds is 5. The lowest BCUT2D eigenvalue weighted by Gasteiger charge is -2.28. The molecule has 13 heteroatoms. The summed E-state index contributed by atoms with van der Waals surface area (Å²) in [5.74, 6) is -1.69.